The number of amides is 1. The molecule has 0 saturated carbocycles. The van der Waals surface area contributed by atoms with E-state index in [4.69, 9.17) is 14.2 Å². The number of para-hydroxylation sites is 2. The number of benzene rings is 3. The minimum atomic E-state index is -0.165. The highest BCUT2D eigenvalue weighted by Crippen LogP contribution is 2.20. The van der Waals surface area contributed by atoms with E-state index >= 15 is 0 Å². The van der Waals surface area contributed by atoms with Gasteiger partial charge in [-0.1, -0.05) is 47.6 Å². The first-order valence-electron chi connectivity index (χ1n) is 10.9. The third kappa shape index (κ3) is 4.66. The van der Waals surface area contributed by atoms with Crippen molar-refractivity contribution in [1.82, 2.24) is 25.0 Å². The minimum absolute atomic E-state index is 0.141. The highest BCUT2D eigenvalue weighted by atomic mass is 16.5. The van der Waals surface area contributed by atoms with E-state index in [9.17, 15) is 4.79 Å². The molecule has 0 saturated heterocycles. The van der Waals surface area contributed by atoms with Crippen LogP contribution in [0, 0.1) is 0 Å². The molecule has 34 heavy (non-hydrogen) atoms. The molecule has 170 valence electrons. The van der Waals surface area contributed by atoms with Crippen molar-refractivity contribution in [3.05, 3.63) is 96.1 Å². The number of hydrogen-bond donors (Lipinski definition) is 1. The summed E-state index contributed by atoms with van der Waals surface area (Å²) >= 11 is 0. The van der Waals surface area contributed by atoms with Crippen molar-refractivity contribution in [3.63, 3.8) is 0 Å². The number of aromatic nitrogens is 4. The summed E-state index contributed by atoms with van der Waals surface area (Å²) < 4.78 is 12.4. The van der Waals surface area contributed by atoms with Crippen molar-refractivity contribution < 1.29 is 14.1 Å². The number of carbonyl (C=O) groups is 1. The number of fused-ring (bicyclic) bond motifs is 1. The van der Waals surface area contributed by atoms with Crippen LogP contribution in [-0.2, 0) is 24.3 Å². The molecule has 1 amide bonds. The van der Waals surface area contributed by atoms with Crippen molar-refractivity contribution in [2.45, 2.75) is 19.5 Å². The first kappa shape index (κ1) is 21.4. The van der Waals surface area contributed by atoms with Crippen LogP contribution >= 0.6 is 0 Å². The van der Waals surface area contributed by atoms with E-state index in [2.05, 4.69) is 27.6 Å². The zero-order valence-electron chi connectivity index (χ0n) is 18.6. The van der Waals surface area contributed by atoms with Crippen LogP contribution in [0.15, 0.2) is 83.4 Å². The summed E-state index contributed by atoms with van der Waals surface area (Å²) in [6.45, 7) is 0.283. The third-order valence-electron chi connectivity index (χ3n) is 5.49. The van der Waals surface area contributed by atoms with Gasteiger partial charge in [0.15, 0.2) is 0 Å². The molecule has 8 nitrogen and oxygen atoms in total. The van der Waals surface area contributed by atoms with Gasteiger partial charge in [-0.3, -0.25) is 4.79 Å². The fourth-order valence-electron chi connectivity index (χ4n) is 3.77. The van der Waals surface area contributed by atoms with Crippen LogP contribution in [0.5, 0.6) is 5.75 Å². The zero-order valence-corrected chi connectivity index (χ0v) is 18.6. The van der Waals surface area contributed by atoms with Gasteiger partial charge >= 0.3 is 0 Å². The second-order valence-corrected chi connectivity index (χ2v) is 7.78. The molecule has 2 heterocycles. The fourth-order valence-corrected chi connectivity index (χ4v) is 3.77. The summed E-state index contributed by atoms with van der Waals surface area (Å²) in [5.74, 6) is 2.21. The van der Waals surface area contributed by atoms with Gasteiger partial charge in [-0.25, -0.2) is 4.98 Å². The van der Waals surface area contributed by atoms with E-state index in [0.29, 0.717) is 18.1 Å². The van der Waals surface area contributed by atoms with Gasteiger partial charge < -0.3 is 19.1 Å². The predicted octanol–water partition coefficient (Wildman–Crippen LogP) is 4.00. The summed E-state index contributed by atoms with van der Waals surface area (Å²) in [5.41, 5.74) is 3.72. The van der Waals surface area contributed by atoms with Crippen molar-refractivity contribution in [2.24, 2.45) is 0 Å². The van der Waals surface area contributed by atoms with Gasteiger partial charge in [-0.15, -0.1) is 0 Å². The van der Waals surface area contributed by atoms with E-state index in [1.807, 2.05) is 71.3 Å². The SMILES string of the molecule is COc1ccc(-c2noc(CNC(=O)Cn3c(Cc4ccccc4)nc4ccccc43)n2)cc1. The molecular weight excluding hydrogens is 430 g/mol. The Kier molecular flexibility index (Phi) is 6.03. The topological polar surface area (TPSA) is 95.1 Å². The molecule has 8 heteroatoms. The molecule has 0 unspecified atom stereocenters. The lowest BCUT2D eigenvalue weighted by molar-refractivity contribution is -0.121. The van der Waals surface area contributed by atoms with Gasteiger partial charge in [0.05, 0.1) is 24.7 Å². The molecule has 0 aliphatic carbocycles. The van der Waals surface area contributed by atoms with Crippen LogP contribution in [0.2, 0.25) is 0 Å². The zero-order chi connectivity index (χ0) is 23.3. The van der Waals surface area contributed by atoms with Crippen LogP contribution in [0.4, 0.5) is 0 Å². The number of methoxy groups -OCH3 is 1. The molecule has 0 bridgehead atoms. The second kappa shape index (κ2) is 9.58. The van der Waals surface area contributed by atoms with Crippen molar-refractivity contribution >= 4 is 16.9 Å². The number of ether oxygens (including phenoxy) is 1. The Morgan fingerprint density at radius 3 is 2.53 bits per heavy atom. The number of rotatable bonds is 8. The highest BCUT2D eigenvalue weighted by Gasteiger charge is 2.15. The third-order valence-corrected chi connectivity index (χ3v) is 5.49. The smallest absolute Gasteiger partial charge is 0.246 e. The number of nitrogens with one attached hydrogen (secondary N) is 1. The predicted molar refractivity (Wildman–Crippen MR) is 127 cm³/mol. The maximum Gasteiger partial charge on any atom is 0.246 e. The van der Waals surface area contributed by atoms with Crippen molar-refractivity contribution in [1.29, 1.82) is 0 Å². The van der Waals surface area contributed by atoms with Gasteiger partial charge in [0.2, 0.25) is 17.6 Å². The van der Waals surface area contributed by atoms with Crippen molar-refractivity contribution in [3.8, 4) is 17.1 Å². The first-order chi connectivity index (χ1) is 16.7. The maximum atomic E-state index is 12.8. The van der Waals surface area contributed by atoms with E-state index in [0.717, 1.165) is 33.7 Å². The molecule has 1 N–H and O–H groups in total. The Morgan fingerprint density at radius 2 is 1.74 bits per heavy atom. The number of hydrogen-bond acceptors (Lipinski definition) is 6. The number of imidazole rings is 1. The summed E-state index contributed by atoms with van der Waals surface area (Å²) in [5, 5.41) is 6.88. The first-order valence-corrected chi connectivity index (χ1v) is 10.9. The Balaban J connectivity index is 1.28. The van der Waals surface area contributed by atoms with Crippen LogP contribution in [0.25, 0.3) is 22.4 Å². The molecule has 5 aromatic rings. The molecular formula is C26H23N5O3. The van der Waals surface area contributed by atoms with Crippen LogP contribution in [0.1, 0.15) is 17.3 Å². The fraction of sp³-hybridized carbons (Fsp3) is 0.154. The molecule has 5 rings (SSSR count). The van der Waals surface area contributed by atoms with Crippen LogP contribution in [-0.4, -0.2) is 32.7 Å². The summed E-state index contributed by atoms with van der Waals surface area (Å²) in [6.07, 6.45) is 0.637. The molecule has 3 aromatic carbocycles. The Morgan fingerprint density at radius 1 is 0.971 bits per heavy atom. The molecule has 0 fully saturated rings. The minimum Gasteiger partial charge on any atom is -0.497 e. The molecule has 0 aliphatic heterocycles. The number of nitrogens with zero attached hydrogens (tertiary/aromatic N) is 4. The molecule has 0 radical (unpaired) electrons. The van der Waals surface area contributed by atoms with Crippen LogP contribution in [0.3, 0.4) is 0 Å². The van der Waals surface area contributed by atoms with Gasteiger partial charge in [0.1, 0.15) is 18.1 Å². The van der Waals surface area contributed by atoms with E-state index < -0.39 is 0 Å². The quantitative estimate of drug-likeness (QED) is 0.382. The Labute approximate surface area is 196 Å². The van der Waals surface area contributed by atoms with E-state index in [-0.39, 0.29) is 19.0 Å². The monoisotopic (exact) mass is 453 g/mol. The summed E-state index contributed by atoms with van der Waals surface area (Å²) in [7, 11) is 1.61. The largest absolute Gasteiger partial charge is 0.497 e. The lowest BCUT2D eigenvalue weighted by atomic mass is 10.1. The normalized spacial score (nSPS) is 11.0. The molecule has 0 spiro atoms. The second-order valence-electron chi connectivity index (χ2n) is 7.78. The molecule has 0 atom stereocenters. The molecule has 2 aromatic heterocycles. The Hall–Kier alpha value is -4.46. The standard InChI is InChI=1S/C26H23N5O3/c1-33-20-13-11-19(12-14-20)26-29-25(34-30-26)16-27-24(32)17-31-22-10-6-5-9-21(22)28-23(31)15-18-7-3-2-4-8-18/h2-14H,15-17H2,1H3,(H,27,32). The maximum absolute atomic E-state index is 12.8. The van der Waals surface area contributed by atoms with Crippen molar-refractivity contribution in [2.75, 3.05) is 7.11 Å². The lowest BCUT2D eigenvalue weighted by Gasteiger charge is -2.09. The van der Waals surface area contributed by atoms with E-state index in [1.54, 1.807) is 7.11 Å². The summed E-state index contributed by atoms with van der Waals surface area (Å²) in [6, 6.07) is 25.3. The van der Waals surface area contributed by atoms with Gasteiger partial charge in [-0.05, 0) is 42.0 Å². The molecule has 0 aliphatic rings. The van der Waals surface area contributed by atoms with Gasteiger partial charge in [0, 0.05) is 12.0 Å². The Bertz CT molecular complexity index is 1410. The average molecular weight is 454 g/mol. The lowest BCUT2D eigenvalue weighted by Crippen LogP contribution is -2.28. The van der Waals surface area contributed by atoms with E-state index in [1.165, 1.54) is 0 Å². The van der Waals surface area contributed by atoms with Crippen LogP contribution < -0.4 is 10.1 Å². The van der Waals surface area contributed by atoms with Gasteiger partial charge in [0.25, 0.3) is 0 Å². The number of carbonyl (C=O) groups excluding carboxylic acids is 1. The highest BCUT2D eigenvalue weighted by molar-refractivity contribution is 5.81. The van der Waals surface area contributed by atoms with Gasteiger partial charge in [-0.2, -0.15) is 4.98 Å². The summed E-state index contributed by atoms with van der Waals surface area (Å²) in [4.78, 5) is 22.0. The average Bonchev–Trinajstić information content (AvgIpc) is 3.49.